The minimum Gasteiger partial charge on any atom is -0.354 e. The van der Waals surface area contributed by atoms with E-state index in [1.54, 1.807) is 15.9 Å². The summed E-state index contributed by atoms with van der Waals surface area (Å²) in [7, 11) is 0. The fraction of sp³-hybridized carbons (Fsp3) is 0.500. The van der Waals surface area contributed by atoms with Crippen molar-refractivity contribution < 1.29 is 4.79 Å². The van der Waals surface area contributed by atoms with E-state index in [0.717, 1.165) is 43.8 Å². The van der Waals surface area contributed by atoms with Crippen molar-refractivity contribution in [1.82, 2.24) is 19.8 Å². The number of aromatic nitrogens is 2. The molecular weight excluding hydrogens is 464 g/mol. The Balaban J connectivity index is 1.22. The summed E-state index contributed by atoms with van der Waals surface area (Å²) < 4.78 is 2.08. The number of thiophene rings is 1. The van der Waals surface area contributed by atoms with Crippen LogP contribution in [-0.2, 0) is 11.3 Å². The predicted molar refractivity (Wildman–Crippen MR) is 142 cm³/mol. The first-order chi connectivity index (χ1) is 16.5. The van der Waals surface area contributed by atoms with Crippen molar-refractivity contribution in [3.63, 3.8) is 0 Å². The number of fused-ring (bicyclic) bond motifs is 1. The second kappa shape index (κ2) is 11.9. The molecule has 0 aliphatic carbocycles. The third-order valence-electron chi connectivity index (χ3n) is 6.80. The standard InChI is InChI=1S/C26H34N4O2S2/c1-19-12-15-29(16-13-19)22(23-10-7-17-34-23)18-27-24(31)11-3-2-6-14-30-25(32)20-8-4-5-9-21(20)28-26(30)33/h4-5,7-10,17,19,22H,2-3,6,11-16,18H2,1H3,(H,27,31)(H,28,33). The Morgan fingerprint density at radius 3 is 2.74 bits per heavy atom. The van der Waals surface area contributed by atoms with E-state index in [0.29, 0.717) is 29.7 Å². The number of benzene rings is 1. The highest BCUT2D eigenvalue weighted by molar-refractivity contribution is 7.71. The molecule has 0 spiro atoms. The van der Waals surface area contributed by atoms with E-state index in [2.05, 4.69) is 39.6 Å². The van der Waals surface area contributed by atoms with Crippen LogP contribution in [0.25, 0.3) is 10.9 Å². The van der Waals surface area contributed by atoms with E-state index in [-0.39, 0.29) is 17.5 Å². The number of piperidine rings is 1. The second-order valence-electron chi connectivity index (χ2n) is 9.30. The van der Waals surface area contributed by atoms with Crippen LogP contribution in [0.2, 0.25) is 0 Å². The van der Waals surface area contributed by atoms with Gasteiger partial charge >= 0.3 is 0 Å². The van der Waals surface area contributed by atoms with Gasteiger partial charge in [0, 0.05) is 24.4 Å². The van der Waals surface area contributed by atoms with Crippen LogP contribution >= 0.6 is 23.6 Å². The molecule has 6 nitrogen and oxygen atoms in total. The van der Waals surface area contributed by atoms with Crippen molar-refractivity contribution in [2.24, 2.45) is 5.92 Å². The van der Waals surface area contributed by atoms with Crippen LogP contribution in [0.4, 0.5) is 0 Å². The number of aromatic amines is 1. The number of nitrogens with zero attached hydrogens (tertiary/aromatic N) is 2. The summed E-state index contributed by atoms with van der Waals surface area (Å²) in [4.78, 5) is 32.2. The molecule has 4 rings (SSSR count). The zero-order chi connectivity index (χ0) is 23.9. The van der Waals surface area contributed by atoms with Crippen LogP contribution in [0.3, 0.4) is 0 Å². The van der Waals surface area contributed by atoms with Crippen LogP contribution < -0.4 is 10.9 Å². The minimum atomic E-state index is -0.0520. The van der Waals surface area contributed by atoms with E-state index in [1.165, 1.54) is 17.7 Å². The van der Waals surface area contributed by atoms with Gasteiger partial charge in [-0.3, -0.25) is 19.1 Å². The molecule has 2 aromatic heterocycles. The molecule has 1 aromatic carbocycles. The maximum Gasteiger partial charge on any atom is 0.262 e. The number of carbonyl (C=O) groups is 1. The Morgan fingerprint density at radius 1 is 1.18 bits per heavy atom. The highest BCUT2D eigenvalue weighted by Gasteiger charge is 2.25. The molecule has 1 aliphatic heterocycles. The zero-order valence-electron chi connectivity index (χ0n) is 19.8. The molecule has 0 bridgehead atoms. The highest BCUT2D eigenvalue weighted by Crippen LogP contribution is 2.29. The van der Waals surface area contributed by atoms with Gasteiger partial charge in [-0.1, -0.05) is 31.5 Å². The molecule has 3 heterocycles. The van der Waals surface area contributed by atoms with E-state index in [9.17, 15) is 9.59 Å². The zero-order valence-corrected chi connectivity index (χ0v) is 21.4. The van der Waals surface area contributed by atoms with Crippen molar-refractivity contribution >= 4 is 40.4 Å². The smallest absolute Gasteiger partial charge is 0.262 e. The number of para-hydroxylation sites is 1. The van der Waals surface area contributed by atoms with Crippen LogP contribution in [0.5, 0.6) is 0 Å². The summed E-state index contributed by atoms with van der Waals surface area (Å²) in [6.07, 6.45) is 5.44. The number of hydrogen-bond donors (Lipinski definition) is 2. The van der Waals surface area contributed by atoms with Gasteiger partial charge in [0.1, 0.15) is 0 Å². The molecule has 0 saturated carbocycles. The normalized spacial score (nSPS) is 16.0. The lowest BCUT2D eigenvalue weighted by molar-refractivity contribution is -0.121. The Bertz CT molecular complexity index is 1190. The molecule has 1 fully saturated rings. The maximum atomic E-state index is 12.7. The van der Waals surface area contributed by atoms with E-state index >= 15 is 0 Å². The Morgan fingerprint density at radius 2 is 1.97 bits per heavy atom. The summed E-state index contributed by atoms with van der Waals surface area (Å²) in [6, 6.07) is 12.0. The van der Waals surface area contributed by atoms with Crippen LogP contribution in [-0.4, -0.2) is 40.0 Å². The van der Waals surface area contributed by atoms with Gasteiger partial charge in [0.2, 0.25) is 5.91 Å². The predicted octanol–water partition coefficient (Wildman–Crippen LogP) is 5.27. The topological polar surface area (TPSA) is 70.1 Å². The number of unbranched alkanes of at least 4 members (excludes halogenated alkanes) is 2. The van der Waals surface area contributed by atoms with Gasteiger partial charge in [-0.25, -0.2) is 0 Å². The highest BCUT2D eigenvalue weighted by atomic mass is 32.1. The number of amides is 1. The Kier molecular flexibility index (Phi) is 8.69. The SMILES string of the molecule is CC1CCN(C(CNC(=O)CCCCCn2c(=S)[nH]c3ccccc3c2=O)c2cccs2)CC1. The summed E-state index contributed by atoms with van der Waals surface area (Å²) >= 11 is 7.15. The van der Waals surface area contributed by atoms with Crippen LogP contribution in [0, 0.1) is 10.7 Å². The van der Waals surface area contributed by atoms with Gasteiger partial charge in [0.05, 0.1) is 16.9 Å². The van der Waals surface area contributed by atoms with Gasteiger partial charge in [0.25, 0.3) is 5.56 Å². The van der Waals surface area contributed by atoms with Crippen LogP contribution in [0.15, 0.2) is 46.6 Å². The molecule has 1 saturated heterocycles. The van der Waals surface area contributed by atoms with E-state index in [4.69, 9.17) is 12.2 Å². The third-order valence-corrected chi connectivity index (χ3v) is 8.09. The molecule has 8 heteroatoms. The van der Waals surface area contributed by atoms with Crippen molar-refractivity contribution in [3.05, 3.63) is 61.8 Å². The number of rotatable bonds is 10. The van der Waals surface area contributed by atoms with Crippen molar-refractivity contribution in [2.45, 2.75) is 58.0 Å². The largest absolute Gasteiger partial charge is 0.354 e. The molecule has 2 N–H and O–H groups in total. The van der Waals surface area contributed by atoms with Gasteiger partial charge in [-0.2, -0.15) is 0 Å². The second-order valence-corrected chi connectivity index (χ2v) is 10.7. The molecular formula is C26H34N4O2S2. The molecule has 0 radical (unpaired) electrons. The molecule has 182 valence electrons. The van der Waals surface area contributed by atoms with Crippen molar-refractivity contribution in [1.29, 1.82) is 0 Å². The Hall–Kier alpha value is -2.29. The molecule has 3 aromatic rings. The first-order valence-electron chi connectivity index (χ1n) is 12.3. The van der Waals surface area contributed by atoms with Gasteiger partial charge in [-0.15, -0.1) is 11.3 Å². The molecule has 1 aliphatic rings. The van der Waals surface area contributed by atoms with Gasteiger partial charge < -0.3 is 10.3 Å². The summed E-state index contributed by atoms with van der Waals surface area (Å²) in [5, 5.41) is 5.94. The fourth-order valence-corrected chi connectivity index (χ4v) is 5.81. The first kappa shape index (κ1) is 24.8. The molecule has 1 unspecified atom stereocenters. The van der Waals surface area contributed by atoms with E-state index in [1.807, 2.05) is 24.3 Å². The summed E-state index contributed by atoms with van der Waals surface area (Å²) in [6.45, 7) is 5.74. The third kappa shape index (κ3) is 6.23. The fourth-order valence-electron chi connectivity index (χ4n) is 4.66. The number of nitrogens with one attached hydrogen (secondary N) is 2. The molecule has 34 heavy (non-hydrogen) atoms. The summed E-state index contributed by atoms with van der Waals surface area (Å²) in [5.74, 6) is 0.891. The number of carbonyl (C=O) groups excluding carboxylic acids is 1. The minimum absolute atomic E-state index is 0.0520. The molecule has 1 atom stereocenters. The molecule has 1 amide bonds. The van der Waals surface area contributed by atoms with Crippen molar-refractivity contribution in [3.8, 4) is 0 Å². The quantitative estimate of drug-likeness (QED) is 0.295. The van der Waals surface area contributed by atoms with Crippen molar-refractivity contribution in [2.75, 3.05) is 19.6 Å². The lowest BCUT2D eigenvalue weighted by Gasteiger charge is -2.36. The lowest BCUT2D eigenvalue weighted by atomic mass is 9.97. The average Bonchev–Trinajstić information content (AvgIpc) is 3.36. The number of likely N-dealkylation sites (tertiary alicyclic amines) is 1. The van der Waals surface area contributed by atoms with E-state index < -0.39 is 0 Å². The van der Waals surface area contributed by atoms with Gasteiger partial charge in [-0.05, 0) is 80.5 Å². The number of H-pyrrole nitrogens is 1. The maximum absolute atomic E-state index is 12.7. The lowest BCUT2D eigenvalue weighted by Crippen LogP contribution is -2.41. The first-order valence-corrected chi connectivity index (χ1v) is 13.6. The Labute approximate surface area is 210 Å². The van der Waals surface area contributed by atoms with Crippen LogP contribution in [0.1, 0.15) is 56.4 Å². The average molecular weight is 499 g/mol. The number of hydrogen-bond acceptors (Lipinski definition) is 5. The summed E-state index contributed by atoms with van der Waals surface area (Å²) in [5.41, 5.74) is 0.717. The van der Waals surface area contributed by atoms with Gasteiger partial charge in [0.15, 0.2) is 4.77 Å². The monoisotopic (exact) mass is 498 g/mol.